The normalized spacial score (nSPS) is 33.5. The molecule has 53 heavy (non-hydrogen) atoms. The number of amides is 2. The summed E-state index contributed by atoms with van der Waals surface area (Å²) in [5, 5.41) is 13.8. The van der Waals surface area contributed by atoms with E-state index in [-0.39, 0.29) is 67.3 Å². The second-order valence-electron chi connectivity index (χ2n) is 18.7. The zero-order valence-corrected chi connectivity index (χ0v) is 33.3. The van der Waals surface area contributed by atoms with Gasteiger partial charge in [0, 0.05) is 36.3 Å². The van der Waals surface area contributed by atoms with Gasteiger partial charge in [0.05, 0.1) is 23.4 Å². The molecule has 13 unspecified atom stereocenters. The molecule has 0 aromatic rings. The van der Waals surface area contributed by atoms with Crippen LogP contribution in [0.3, 0.4) is 0 Å². The first-order valence-electron chi connectivity index (χ1n) is 19.9. The highest BCUT2D eigenvalue weighted by Gasteiger charge is 2.64. The smallest absolute Gasteiger partial charge is 0.312 e. The van der Waals surface area contributed by atoms with Crippen molar-refractivity contribution in [1.82, 2.24) is 15.1 Å². The van der Waals surface area contributed by atoms with Crippen LogP contribution >= 0.6 is 0 Å². The molecule has 13 heteroatoms. The number of fused-ring (bicyclic) bond motifs is 3. The molecule has 1 aliphatic heterocycles. The molecular formula is C40H66N4O9. The Morgan fingerprint density at radius 2 is 1.60 bits per heavy atom. The van der Waals surface area contributed by atoms with Crippen molar-refractivity contribution < 1.29 is 43.3 Å². The summed E-state index contributed by atoms with van der Waals surface area (Å²) in [5.41, 5.74) is 3.74. The van der Waals surface area contributed by atoms with E-state index < -0.39 is 58.8 Å². The van der Waals surface area contributed by atoms with E-state index in [0.29, 0.717) is 37.8 Å². The zero-order chi connectivity index (χ0) is 39.0. The Kier molecular flexibility index (Phi) is 12.9. The second kappa shape index (κ2) is 16.5. The third-order valence-corrected chi connectivity index (χ3v) is 13.6. The predicted octanol–water partition coefficient (Wildman–Crippen LogP) is 2.62. The summed E-state index contributed by atoms with van der Waals surface area (Å²) in [6.07, 6.45) is 2.82. The fraction of sp³-hybridized carbons (Fsp3) is 0.875. The number of ether oxygens (including phenoxy) is 3. The molecule has 13 nitrogen and oxygen atoms in total. The number of aliphatic hydroxyl groups is 1. The van der Waals surface area contributed by atoms with Gasteiger partial charge in [0.1, 0.15) is 18.8 Å². The lowest BCUT2D eigenvalue weighted by Gasteiger charge is -2.39. The number of carbonyl (C=O) groups is 5. The number of esters is 3. The van der Waals surface area contributed by atoms with Crippen molar-refractivity contribution in [1.29, 1.82) is 0 Å². The van der Waals surface area contributed by atoms with Gasteiger partial charge in [0.15, 0.2) is 0 Å². The maximum absolute atomic E-state index is 14.7. The minimum Gasteiger partial charge on any atom is -0.464 e. The maximum Gasteiger partial charge on any atom is 0.312 e. The molecule has 4 aliphatic carbocycles. The van der Waals surface area contributed by atoms with Crippen LogP contribution in [0.1, 0.15) is 85.5 Å². The highest BCUT2D eigenvalue weighted by molar-refractivity contribution is 5.84. The fourth-order valence-corrected chi connectivity index (χ4v) is 10.6. The average Bonchev–Trinajstić information content (AvgIpc) is 3.85. The summed E-state index contributed by atoms with van der Waals surface area (Å²) >= 11 is 0. The monoisotopic (exact) mass is 746 g/mol. The SMILES string of the molecule is CC1C2CC(O)C(C2)C1CC(CC(C)(CC(CC(C)(C)C(=O)NCCCN(C)C)C(=O)OCCN(C)C)C(=O)OC1C2CC3C(=O)OC1C3C2)C(N)=O. The molecular weight excluding hydrogens is 680 g/mol. The Balaban J connectivity index is 1.41. The summed E-state index contributed by atoms with van der Waals surface area (Å²) in [5.74, 6) is -2.96. The van der Waals surface area contributed by atoms with Crippen molar-refractivity contribution in [2.45, 2.75) is 104 Å². The van der Waals surface area contributed by atoms with Crippen LogP contribution in [0.4, 0.5) is 0 Å². The van der Waals surface area contributed by atoms with E-state index >= 15 is 0 Å². The molecule has 4 saturated carbocycles. The van der Waals surface area contributed by atoms with Crippen LogP contribution < -0.4 is 11.1 Å². The van der Waals surface area contributed by atoms with Gasteiger partial charge >= 0.3 is 17.9 Å². The summed E-state index contributed by atoms with van der Waals surface area (Å²) in [6.45, 7) is 9.41. The molecule has 1 heterocycles. The second-order valence-corrected chi connectivity index (χ2v) is 18.7. The average molecular weight is 747 g/mol. The first-order chi connectivity index (χ1) is 24.8. The van der Waals surface area contributed by atoms with Crippen molar-refractivity contribution in [2.24, 2.45) is 69.8 Å². The van der Waals surface area contributed by atoms with Crippen molar-refractivity contribution in [3.8, 4) is 0 Å². The molecule has 0 aromatic carbocycles. The van der Waals surface area contributed by atoms with Crippen LogP contribution in [0.15, 0.2) is 0 Å². The number of hydrogen-bond donors (Lipinski definition) is 3. The summed E-state index contributed by atoms with van der Waals surface area (Å²) < 4.78 is 17.8. The number of hydrogen-bond acceptors (Lipinski definition) is 11. The van der Waals surface area contributed by atoms with Crippen LogP contribution in [-0.2, 0) is 38.2 Å². The Morgan fingerprint density at radius 1 is 0.943 bits per heavy atom. The van der Waals surface area contributed by atoms with Crippen molar-refractivity contribution in [2.75, 3.05) is 54.4 Å². The molecule has 5 fully saturated rings. The van der Waals surface area contributed by atoms with Crippen LogP contribution in [0.5, 0.6) is 0 Å². The highest BCUT2D eigenvalue weighted by atomic mass is 16.6. The molecule has 13 atom stereocenters. The largest absolute Gasteiger partial charge is 0.464 e. The minimum atomic E-state index is -1.38. The first kappa shape index (κ1) is 41.4. The number of nitrogens with one attached hydrogen (secondary N) is 1. The molecule has 5 rings (SSSR count). The van der Waals surface area contributed by atoms with E-state index in [2.05, 4.69) is 12.2 Å². The van der Waals surface area contributed by atoms with E-state index in [4.69, 9.17) is 19.9 Å². The zero-order valence-electron chi connectivity index (χ0n) is 33.3. The van der Waals surface area contributed by atoms with Gasteiger partial charge in [0.25, 0.3) is 0 Å². The van der Waals surface area contributed by atoms with Gasteiger partial charge in [0.2, 0.25) is 11.8 Å². The number of carbonyl (C=O) groups excluding carboxylic acids is 5. The first-order valence-corrected chi connectivity index (χ1v) is 19.9. The molecule has 1 saturated heterocycles. The Hall–Kier alpha value is -2.77. The topological polar surface area (TPSA) is 178 Å². The van der Waals surface area contributed by atoms with Crippen molar-refractivity contribution in [3.63, 3.8) is 0 Å². The Bertz CT molecular complexity index is 1370. The third kappa shape index (κ3) is 9.20. The van der Waals surface area contributed by atoms with E-state index in [0.717, 1.165) is 32.2 Å². The van der Waals surface area contributed by atoms with Gasteiger partial charge in [-0.05, 0) is 123 Å². The number of rotatable bonds is 20. The molecule has 0 aromatic heterocycles. The van der Waals surface area contributed by atoms with Crippen molar-refractivity contribution in [3.05, 3.63) is 0 Å². The molecule has 4 N–H and O–H groups in total. The van der Waals surface area contributed by atoms with Crippen LogP contribution in [0.2, 0.25) is 0 Å². The quantitative estimate of drug-likeness (QED) is 0.0948. The van der Waals surface area contributed by atoms with Crippen LogP contribution in [-0.4, -0.2) is 117 Å². The van der Waals surface area contributed by atoms with E-state index in [1.165, 1.54) is 0 Å². The van der Waals surface area contributed by atoms with E-state index in [9.17, 15) is 29.1 Å². The number of primary amides is 1. The number of nitrogens with zero attached hydrogens (tertiary/aromatic N) is 2. The molecule has 5 aliphatic rings. The van der Waals surface area contributed by atoms with Gasteiger partial charge in [-0.25, -0.2) is 0 Å². The maximum atomic E-state index is 14.7. The molecule has 0 spiro atoms. The predicted molar refractivity (Wildman–Crippen MR) is 197 cm³/mol. The van der Waals surface area contributed by atoms with Gasteiger partial charge in [-0.3, -0.25) is 24.0 Å². The summed E-state index contributed by atoms with van der Waals surface area (Å²) in [4.78, 5) is 72.0. The van der Waals surface area contributed by atoms with Crippen LogP contribution in [0.25, 0.3) is 0 Å². The lowest BCUT2D eigenvalue weighted by molar-refractivity contribution is -0.175. The Labute approximate surface area is 315 Å². The lowest BCUT2D eigenvalue weighted by atomic mass is 9.67. The number of likely N-dealkylation sites (N-methyl/N-ethyl adjacent to an activating group) is 1. The molecule has 2 amide bonds. The van der Waals surface area contributed by atoms with E-state index in [1.54, 1.807) is 20.8 Å². The summed E-state index contributed by atoms with van der Waals surface area (Å²) in [6, 6.07) is 0. The lowest BCUT2D eigenvalue weighted by Crippen LogP contribution is -2.46. The van der Waals surface area contributed by atoms with Crippen LogP contribution in [0, 0.1) is 64.1 Å². The summed E-state index contributed by atoms with van der Waals surface area (Å²) in [7, 11) is 7.70. The number of aliphatic hydroxyl groups excluding tert-OH is 1. The van der Waals surface area contributed by atoms with Gasteiger partial charge in [-0.2, -0.15) is 0 Å². The molecule has 0 radical (unpaired) electrons. The van der Waals surface area contributed by atoms with E-state index in [1.807, 2.05) is 38.0 Å². The number of nitrogens with two attached hydrogens (primary N) is 1. The van der Waals surface area contributed by atoms with Gasteiger partial charge in [-0.1, -0.05) is 20.8 Å². The highest BCUT2D eigenvalue weighted by Crippen LogP contribution is 2.57. The Morgan fingerprint density at radius 3 is 2.25 bits per heavy atom. The fourth-order valence-electron chi connectivity index (χ4n) is 10.6. The third-order valence-electron chi connectivity index (χ3n) is 13.6. The minimum absolute atomic E-state index is 0.000107. The van der Waals surface area contributed by atoms with Gasteiger partial charge < -0.3 is 40.2 Å². The standard InChI is InChI=1S/C40H66N4O9/c1-22-23-14-28(31(45)18-23)27(22)17-25(34(41)46)20-40(4,38(50)53-32-24-15-29-30(16-24)36(48)52-33(29)32)21-26(35(47)51-13-12-44(7)8)19-39(2,3)37(49)42-10-9-11-43(5)6/h22-33,45H,9-21H2,1-8H3,(H2,41,46)(H,42,49). The molecule has 4 bridgehead atoms. The molecule has 300 valence electrons. The van der Waals surface area contributed by atoms with Crippen molar-refractivity contribution >= 4 is 29.7 Å². The van der Waals surface area contributed by atoms with Gasteiger partial charge in [-0.15, -0.1) is 0 Å².